The number of carbonyl (C=O) groups excluding carboxylic acids is 1. The van der Waals surface area contributed by atoms with Crippen LogP contribution in [0.1, 0.15) is 32.6 Å². The molecule has 5 rings (SSSR count). The molecule has 3 heterocycles. The first-order valence-corrected chi connectivity index (χ1v) is 12.2. The molecule has 0 radical (unpaired) electrons. The Morgan fingerprint density at radius 1 is 1.16 bits per heavy atom. The normalized spacial score (nSPS) is 22.3. The molecule has 3 aromatic rings. The first kappa shape index (κ1) is 21.5. The number of aromatic nitrogens is 1. The van der Waals surface area contributed by atoms with Crippen LogP contribution in [0.25, 0.3) is 10.2 Å². The molecule has 1 amide bonds. The molecule has 1 unspecified atom stereocenters. The monoisotopic (exact) mass is 471 g/mol. The minimum atomic E-state index is 0.222. The summed E-state index contributed by atoms with van der Waals surface area (Å²) < 4.78 is 12.8. The van der Waals surface area contributed by atoms with Crippen LogP contribution in [0.2, 0.25) is 5.02 Å². The van der Waals surface area contributed by atoms with Gasteiger partial charge in [0.25, 0.3) is 5.19 Å². The molecule has 1 N–H and O–H groups in total. The van der Waals surface area contributed by atoms with Crippen molar-refractivity contribution in [2.24, 2.45) is 0 Å². The fourth-order valence-electron chi connectivity index (χ4n) is 4.92. The number of halogens is 1. The number of nitrogens with one attached hydrogen (secondary N) is 1. The van der Waals surface area contributed by atoms with E-state index in [1.807, 2.05) is 42.5 Å². The molecule has 0 aliphatic carbocycles. The summed E-state index contributed by atoms with van der Waals surface area (Å²) >= 11 is 7.51. The number of hydrogen-bond donors (Lipinski definition) is 1. The molecule has 0 spiro atoms. The Morgan fingerprint density at radius 3 is 2.59 bits per heavy atom. The Labute approximate surface area is 196 Å². The van der Waals surface area contributed by atoms with E-state index in [1.54, 1.807) is 6.92 Å². The van der Waals surface area contributed by atoms with Crippen molar-refractivity contribution >= 4 is 39.1 Å². The Balaban J connectivity index is 1.07. The average molecular weight is 472 g/mol. The Bertz CT molecular complexity index is 1090. The molecule has 32 heavy (non-hydrogen) atoms. The summed E-state index contributed by atoms with van der Waals surface area (Å²) in [5.74, 6) is 1.74. The van der Waals surface area contributed by atoms with E-state index in [0.717, 1.165) is 48.2 Å². The highest BCUT2D eigenvalue weighted by Crippen LogP contribution is 2.36. The minimum Gasteiger partial charge on any atom is -0.492 e. The lowest BCUT2D eigenvalue weighted by atomic mass is 9.97. The molecule has 2 aliphatic rings. The number of rotatable bonds is 7. The fraction of sp³-hybridized carbons (Fsp3) is 0.417. The van der Waals surface area contributed by atoms with Crippen molar-refractivity contribution < 1.29 is 14.3 Å². The first-order valence-electron chi connectivity index (χ1n) is 11.0. The second kappa shape index (κ2) is 9.25. The molecule has 2 bridgehead atoms. The number of carbonyl (C=O) groups is 1. The van der Waals surface area contributed by atoms with Crippen LogP contribution < -0.4 is 14.8 Å². The van der Waals surface area contributed by atoms with Gasteiger partial charge in [0.05, 0.1) is 10.2 Å². The highest BCUT2D eigenvalue weighted by atomic mass is 35.5. The number of benzene rings is 2. The summed E-state index contributed by atoms with van der Waals surface area (Å²) in [4.78, 5) is 18.4. The van der Waals surface area contributed by atoms with Crippen LogP contribution in [0.5, 0.6) is 16.7 Å². The smallest absolute Gasteiger partial charge is 0.279 e. The lowest BCUT2D eigenvalue weighted by Crippen LogP contribution is -2.51. The SMILES string of the molecule is CC(=O)N1[C@@H]2CC[C@H]1CC(NCCOc1ccc(Oc3nc4ccc(Cl)cc4s3)cc1)C2. The molecule has 2 aromatic carbocycles. The van der Waals surface area contributed by atoms with Crippen molar-refractivity contribution in [1.82, 2.24) is 15.2 Å². The van der Waals surface area contributed by atoms with Crippen LogP contribution in [0.4, 0.5) is 0 Å². The summed E-state index contributed by atoms with van der Waals surface area (Å²) in [6.07, 6.45) is 4.36. The van der Waals surface area contributed by atoms with Gasteiger partial charge in [0.15, 0.2) is 0 Å². The highest BCUT2D eigenvalue weighted by Gasteiger charge is 2.41. The molecule has 1 aromatic heterocycles. The molecule has 8 heteroatoms. The van der Waals surface area contributed by atoms with Gasteiger partial charge in [0.1, 0.15) is 18.1 Å². The third-order valence-electron chi connectivity index (χ3n) is 6.26. The van der Waals surface area contributed by atoms with Crippen molar-refractivity contribution in [3.8, 4) is 16.7 Å². The standard InChI is InChI=1S/C24H26ClN3O3S/c1-15(29)28-18-3-4-19(28)14-17(13-18)26-10-11-30-20-5-7-21(8-6-20)31-24-27-22-9-2-16(25)12-23(22)32-24/h2,5-9,12,17-19,26H,3-4,10-11,13-14H2,1H3/t17?,18-,19+. The van der Waals surface area contributed by atoms with E-state index >= 15 is 0 Å². The molecule has 2 saturated heterocycles. The largest absolute Gasteiger partial charge is 0.492 e. The highest BCUT2D eigenvalue weighted by molar-refractivity contribution is 7.20. The van der Waals surface area contributed by atoms with Crippen LogP contribution in [-0.2, 0) is 4.79 Å². The summed E-state index contributed by atoms with van der Waals surface area (Å²) in [6.45, 7) is 3.08. The quantitative estimate of drug-likeness (QED) is 0.476. The number of hydrogen-bond acceptors (Lipinski definition) is 6. The van der Waals surface area contributed by atoms with Gasteiger partial charge in [0.2, 0.25) is 5.91 Å². The summed E-state index contributed by atoms with van der Waals surface area (Å²) in [5.41, 5.74) is 0.877. The van der Waals surface area contributed by atoms with E-state index < -0.39 is 0 Å². The topological polar surface area (TPSA) is 63.7 Å². The maximum atomic E-state index is 11.8. The molecular weight excluding hydrogens is 446 g/mol. The van der Waals surface area contributed by atoms with Crippen LogP contribution in [-0.4, -0.2) is 47.1 Å². The minimum absolute atomic E-state index is 0.222. The zero-order valence-corrected chi connectivity index (χ0v) is 19.5. The Hall–Kier alpha value is -2.35. The summed E-state index contributed by atoms with van der Waals surface area (Å²) in [7, 11) is 0. The van der Waals surface area contributed by atoms with E-state index in [-0.39, 0.29) is 5.91 Å². The van der Waals surface area contributed by atoms with Gasteiger partial charge in [-0.05, 0) is 68.1 Å². The van der Waals surface area contributed by atoms with Gasteiger partial charge in [-0.15, -0.1) is 0 Å². The van der Waals surface area contributed by atoms with Gasteiger partial charge in [-0.1, -0.05) is 22.9 Å². The fourth-order valence-corrected chi connectivity index (χ4v) is 6.03. The van der Waals surface area contributed by atoms with Crippen molar-refractivity contribution in [2.75, 3.05) is 13.2 Å². The van der Waals surface area contributed by atoms with Crippen LogP contribution >= 0.6 is 22.9 Å². The number of thiazole rings is 1. The van der Waals surface area contributed by atoms with Gasteiger partial charge in [-0.3, -0.25) is 4.79 Å². The molecule has 168 valence electrons. The third-order valence-corrected chi connectivity index (χ3v) is 7.39. The number of nitrogens with zero attached hydrogens (tertiary/aromatic N) is 2. The van der Waals surface area contributed by atoms with Crippen molar-refractivity contribution in [3.63, 3.8) is 0 Å². The van der Waals surface area contributed by atoms with Gasteiger partial charge in [-0.2, -0.15) is 0 Å². The van der Waals surface area contributed by atoms with Crippen molar-refractivity contribution in [2.45, 2.75) is 50.7 Å². The number of ether oxygens (including phenoxy) is 2. The molecule has 0 saturated carbocycles. The van der Waals surface area contributed by atoms with Gasteiger partial charge in [0, 0.05) is 36.6 Å². The van der Waals surface area contributed by atoms with Gasteiger partial charge < -0.3 is 19.7 Å². The molecular formula is C24H26ClN3O3S. The number of piperidine rings is 1. The predicted octanol–water partition coefficient (Wildman–Crippen LogP) is 5.25. The second-order valence-electron chi connectivity index (χ2n) is 8.45. The third kappa shape index (κ3) is 4.70. The van der Waals surface area contributed by atoms with Crippen LogP contribution in [0.3, 0.4) is 0 Å². The predicted molar refractivity (Wildman–Crippen MR) is 127 cm³/mol. The van der Waals surface area contributed by atoms with Crippen LogP contribution in [0, 0.1) is 0 Å². The van der Waals surface area contributed by atoms with E-state index in [9.17, 15) is 4.79 Å². The lowest BCUT2D eigenvalue weighted by Gasteiger charge is -2.38. The first-order chi connectivity index (χ1) is 15.5. The van der Waals surface area contributed by atoms with Crippen molar-refractivity contribution in [3.05, 3.63) is 47.5 Å². The molecule has 2 aliphatic heterocycles. The van der Waals surface area contributed by atoms with Crippen LogP contribution in [0.15, 0.2) is 42.5 Å². The van der Waals surface area contributed by atoms with E-state index in [1.165, 1.54) is 11.3 Å². The lowest BCUT2D eigenvalue weighted by molar-refractivity contribution is -0.133. The molecule has 2 fully saturated rings. The zero-order chi connectivity index (χ0) is 22.1. The van der Waals surface area contributed by atoms with Gasteiger partial charge in [-0.25, -0.2) is 4.98 Å². The maximum Gasteiger partial charge on any atom is 0.279 e. The van der Waals surface area contributed by atoms with Gasteiger partial charge >= 0.3 is 0 Å². The number of fused-ring (bicyclic) bond motifs is 3. The molecule has 6 nitrogen and oxygen atoms in total. The zero-order valence-electron chi connectivity index (χ0n) is 17.9. The van der Waals surface area contributed by atoms with E-state index in [4.69, 9.17) is 21.1 Å². The Morgan fingerprint density at radius 2 is 1.88 bits per heavy atom. The number of amides is 1. The Kier molecular flexibility index (Phi) is 6.22. The molecule has 3 atom stereocenters. The summed E-state index contributed by atoms with van der Waals surface area (Å²) in [6, 6.07) is 14.5. The summed E-state index contributed by atoms with van der Waals surface area (Å²) in [5, 5.41) is 4.89. The van der Waals surface area contributed by atoms with E-state index in [0.29, 0.717) is 40.7 Å². The van der Waals surface area contributed by atoms with Crippen molar-refractivity contribution in [1.29, 1.82) is 0 Å². The maximum absolute atomic E-state index is 11.8. The van der Waals surface area contributed by atoms with E-state index in [2.05, 4.69) is 15.2 Å². The second-order valence-corrected chi connectivity index (χ2v) is 9.88. The average Bonchev–Trinajstić information content (AvgIpc) is 3.29.